The van der Waals surface area contributed by atoms with Gasteiger partial charge in [0, 0.05) is 12.4 Å². The van der Waals surface area contributed by atoms with Crippen molar-refractivity contribution in [1.29, 1.82) is 0 Å². The van der Waals surface area contributed by atoms with Gasteiger partial charge in [0.25, 0.3) is 0 Å². The minimum Gasteiger partial charge on any atom is -0.463 e. The number of rotatable bonds is 6. The number of aromatic nitrogens is 2. The second-order valence-electron chi connectivity index (χ2n) is 5.08. The molecule has 1 heterocycles. The molecule has 6 heteroatoms. The molecule has 1 unspecified atom stereocenters. The Hall–Kier alpha value is -1.95. The van der Waals surface area contributed by atoms with Gasteiger partial charge in [-0.3, -0.25) is 4.79 Å². The summed E-state index contributed by atoms with van der Waals surface area (Å²) >= 11 is 3.30. The van der Waals surface area contributed by atoms with Crippen molar-refractivity contribution < 1.29 is 9.53 Å². The molecule has 1 aromatic heterocycles. The van der Waals surface area contributed by atoms with Crippen LogP contribution in [0.4, 0.5) is 5.95 Å². The van der Waals surface area contributed by atoms with Crippen LogP contribution in [0, 0.1) is 0 Å². The number of nitrogens with zero attached hydrogens (tertiary/aromatic N) is 2. The van der Waals surface area contributed by atoms with Crippen molar-refractivity contribution >= 4 is 27.8 Å². The van der Waals surface area contributed by atoms with E-state index in [1.165, 1.54) is 0 Å². The number of carbonyl (C=O) groups excluding carboxylic acids is 1. The molecular weight excluding hydrogens is 346 g/mol. The van der Waals surface area contributed by atoms with Crippen LogP contribution in [-0.4, -0.2) is 22.0 Å². The van der Waals surface area contributed by atoms with Gasteiger partial charge in [-0.05, 0) is 35.3 Å². The van der Waals surface area contributed by atoms with E-state index >= 15 is 0 Å². The van der Waals surface area contributed by atoms with Crippen LogP contribution in [0.1, 0.15) is 31.9 Å². The van der Waals surface area contributed by atoms with Gasteiger partial charge in [-0.2, -0.15) is 0 Å². The highest BCUT2D eigenvalue weighted by Gasteiger charge is 2.18. The number of hydrogen-bond acceptors (Lipinski definition) is 5. The zero-order valence-corrected chi connectivity index (χ0v) is 14.1. The maximum absolute atomic E-state index is 12.0. The molecule has 0 spiro atoms. The first-order valence-electron chi connectivity index (χ1n) is 7.03. The predicted octanol–water partition coefficient (Wildman–Crippen LogP) is 3.73. The third-order valence-corrected chi connectivity index (χ3v) is 3.27. The molecular formula is C16H18BrN3O2. The fraction of sp³-hybridized carbons (Fsp3) is 0.312. The quantitative estimate of drug-likeness (QED) is 0.792. The van der Waals surface area contributed by atoms with Gasteiger partial charge in [0.15, 0.2) is 0 Å². The van der Waals surface area contributed by atoms with Crippen LogP contribution in [0.3, 0.4) is 0 Å². The number of esters is 1. The second kappa shape index (κ2) is 7.89. The summed E-state index contributed by atoms with van der Waals surface area (Å²) in [6, 6.07) is 9.47. The lowest BCUT2D eigenvalue weighted by Gasteiger charge is -2.19. The van der Waals surface area contributed by atoms with Gasteiger partial charge in [0.2, 0.25) is 5.95 Å². The Morgan fingerprint density at radius 2 is 1.86 bits per heavy atom. The molecule has 1 atom stereocenters. The molecule has 1 aromatic carbocycles. The van der Waals surface area contributed by atoms with Crippen molar-refractivity contribution in [3.63, 3.8) is 0 Å². The number of anilines is 1. The Morgan fingerprint density at radius 1 is 1.23 bits per heavy atom. The number of ether oxygens (including phenoxy) is 1. The van der Waals surface area contributed by atoms with Gasteiger partial charge < -0.3 is 10.1 Å². The highest BCUT2D eigenvalue weighted by molar-refractivity contribution is 9.10. The summed E-state index contributed by atoms with van der Waals surface area (Å²) in [5.74, 6) is 0.211. The predicted molar refractivity (Wildman–Crippen MR) is 88.4 cm³/mol. The van der Waals surface area contributed by atoms with Gasteiger partial charge in [-0.1, -0.05) is 30.3 Å². The van der Waals surface area contributed by atoms with Gasteiger partial charge in [0.05, 0.1) is 23.0 Å². The summed E-state index contributed by atoms with van der Waals surface area (Å²) in [4.78, 5) is 20.4. The van der Waals surface area contributed by atoms with E-state index in [9.17, 15) is 4.79 Å². The molecule has 0 fully saturated rings. The van der Waals surface area contributed by atoms with Crippen molar-refractivity contribution in [3.05, 3.63) is 52.8 Å². The molecule has 0 saturated heterocycles. The lowest BCUT2D eigenvalue weighted by molar-refractivity contribution is -0.147. The Bertz CT molecular complexity index is 603. The Balaban J connectivity index is 2.14. The topological polar surface area (TPSA) is 64.1 Å². The molecule has 0 radical (unpaired) electrons. The Kier molecular flexibility index (Phi) is 5.89. The third-order valence-electron chi connectivity index (χ3n) is 2.86. The molecule has 22 heavy (non-hydrogen) atoms. The van der Waals surface area contributed by atoms with Crippen LogP contribution in [0.5, 0.6) is 0 Å². The van der Waals surface area contributed by atoms with Crippen molar-refractivity contribution in [2.75, 3.05) is 5.32 Å². The SMILES string of the molecule is CC(C)OC(=O)CC(Nc1ncc(Br)cn1)c1ccccc1. The number of hydrogen-bond donors (Lipinski definition) is 1. The van der Waals surface area contributed by atoms with Crippen LogP contribution >= 0.6 is 15.9 Å². The molecule has 5 nitrogen and oxygen atoms in total. The zero-order valence-electron chi connectivity index (χ0n) is 12.5. The van der Waals surface area contributed by atoms with Crippen LogP contribution in [0.2, 0.25) is 0 Å². The van der Waals surface area contributed by atoms with Crippen molar-refractivity contribution in [3.8, 4) is 0 Å². The van der Waals surface area contributed by atoms with Crippen LogP contribution in [0.25, 0.3) is 0 Å². The molecule has 2 aromatic rings. The van der Waals surface area contributed by atoms with Gasteiger partial charge >= 0.3 is 5.97 Å². The minimum absolute atomic E-state index is 0.132. The minimum atomic E-state index is -0.256. The molecule has 0 aliphatic carbocycles. The first-order chi connectivity index (χ1) is 10.5. The van der Waals surface area contributed by atoms with Crippen molar-refractivity contribution in [2.45, 2.75) is 32.4 Å². The van der Waals surface area contributed by atoms with Crippen LogP contribution in [0.15, 0.2) is 47.2 Å². The van der Waals surface area contributed by atoms with Crippen molar-refractivity contribution in [2.24, 2.45) is 0 Å². The largest absolute Gasteiger partial charge is 0.463 e. The van der Waals surface area contributed by atoms with Gasteiger partial charge in [0.1, 0.15) is 0 Å². The molecule has 0 amide bonds. The molecule has 116 valence electrons. The maximum Gasteiger partial charge on any atom is 0.308 e. The van der Waals surface area contributed by atoms with E-state index in [0.29, 0.717) is 5.95 Å². The lowest BCUT2D eigenvalue weighted by atomic mass is 10.0. The summed E-state index contributed by atoms with van der Waals surface area (Å²) in [6.45, 7) is 3.67. The number of benzene rings is 1. The fourth-order valence-electron chi connectivity index (χ4n) is 1.96. The van der Waals surface area contributed by atoms with Crippen LogP contribution < -0.4 is 5.32 Å². The molecule has 0 bridgehead atoms. The number of halogens is 1. The second-order valence-corrected chi connectivity index (χ2v) is 5.99. The van der Waals surface area contributed by atoms with Gasteiger partial charge in [-0.15, -0.1) is 0 Å². The summed E-state index contributed by atoms with van der Waals surface area (Å²) in [7, 11) is 0. The summed E-state index contributed by atoms with van der Waals surface area (Å²) in [5.41, 5.74) is 0.981. The van der Waals surface area contributed by atoms with E-state index in [1.54, 1.807) is 12.4 Å². The first kappa shape index (κ1) is 16.4. The fourth-order valence-corrected chi connectivity index (χ4v) is 2.16. The maximum atomic E-state index is 12.0. The van der Waals surface area contributed by atoms with Crippen molar-refractivity contribution in [1.82, 2.24) is 9.97 Å². The van der Waals surface area contributed by atoms with E-state index in [1.807, 2.05) is 44.2 Å². The first-order valence-corrected chi connectivity index (χ1v) is 7.82. The molecule has 1 N–H and O–H groups in total. The molecule has 2 rings (SSSR count). The summed E-state index contributed by atoms with van der Waals surface area (Å²) < 4.78 is 6.03. The van der Waals surface area contributed by atoms with E-state index in [2.05, 4.69) is 31.2 Å². The number of nitrogens with one attached hydrogen (secondary N) is 1. The Morgan fingerprint density at radius 3 is 2.45 bits per heavy atom. The van der Waals surface area contributed by atoms with E-state index in [-0.39, 0.29) is 24.5 Å². The lowest BCUT2D eigenvalue weighted by Crippen LogP contribution is -2.20. The summed E-state index contributed by atoms with van der Waals surface area (Å²) in [5, 5.41) is 3.18. The highest BCUT2D eigenvalue weighted by atomic mass is 79.9. The average Bonchev–Trinajstić information content (AvgIpc) is 2.49. The van der Waals surface area contributed by atoms with E-state index in [4.69, 9.17) is 4.74 Å². The Labute approximate surface area is 138 Å². The summed E-state index contributed by atoms with van der Waals surface area (Å²) in [6.07, 6.45) is 3.39. The molecule has 0 saturated carbocycles. The normalized spacial score (nSPS) is 12.0. The zero-order chi connectivity index (χ0) is 15.9. The molecule has 0 aliphatic heterocycles. The monoisotopic (exact) mass is 363 g/mol. The standard InChI is InChI=1S/C16H18BrN3O2/c1-11(2)22-15(21)8-14(12-6-4-3-5-7-12)20-16-18-9-13(17)10-19-16/h3-7,9-11,14H,8H2,1-2H3,(H,18,19,20). The number of carbonyl (C=O) groups is 1. The highest BCUT2D eigenvalue weighted by Crippen LogP contribution is 2.22. The average molecular weight is 364 g/mol. The molecule has 0 aliphatic rings. The van der Waals surface area contributed by atoms with Gasteiger partial charge in [-0.25, -0.2) is 9.97 Å². The smallest absolute Gasteiger partial charge is 0.308 e. The van der Waals surface area contributed by atoms with Crippen LogP contribution in [-0.2, 0) is 9.53 Å². The third kappa shape index (κ3) is 5.11. The van der Waals surface area contributed by atoms with E-state index < -0.39 is 0 Å². The van der Waals surface area contributed by atoms with E-state index in [0.717, 1.165) is 10.0 Å².